The van der Waals surface area contributed by atoms with E-state index >= 15 is 0 Å². The third kappa shape index (κ3) is 3.90. The van der Waals surface area contributed by atoms with E-state index in [9.17, 15) is 14.4 Å². The number of hydrogen-bond donors (Lipinski definition) is 1. The Morgan fingerprint density at radius 1 is 1.35 bits per heavy atom. The van der Waals surface area contributed by atoms with E-state index in [0.717, 1.165) is 6.08 Å². The van der Waals surface area contributed by atoms with Gasteiger partial charge in [-0.2, -0.15) is 0 Å². The molecule has 0 fully saturated rings. The topological polar surface area (TPSA) is 80.7 Å². The van der Waals surface area contributed by atoms with Gasteiger partial charge >= 0.3 is 11.9 Å². The van der Waals surface area contributed by atoms with Crippen LogP contribution < -0.4 is 4.74 Å². The molecule has 0 radical (unpaired) electrons. The van der Waals surface area contributed by atoms with Gasteiger partial charge in [-0.05, 0) is 23.8 Å². The number of ether oxygens (including phenoxy) is 1. The summed E-state index contributed by atoms with van der Waals surface area (Å²) in [5.74, 6) is -1.45. The number of esters is 1. The van der Waals surface area contributed by atoms with E-state index < -0.39 is 11.9 Å². The Kier molecular flexibility index (Phi) is 4.16. The zero-order valence-corrected chi connectivity index (χ0v) is 9.04. The zero-order valence-electron chi connectivity index (χ0n) is 9.04. The number of carbonyl (C=O) groups excluding carboxylic acids is 2. The van der Waals surface area contributed by atoms with Crippen molar-refractivity contribution < 1.29 is 24.2 Å². The van der Waals surface area contributed by atoms with Gasteiger partial charge < -0.3 is 9.84 Å². The van der Waals surface area contributed by atoms with Crippen LogP contribution in [0.25, 0.3) is 6.08 Å². The van der Waals surface area contributed by atoms with E-state index in [1.807, 2.05) is 0 Å². The molecule has 0 saturated heterocycles. The second-order valence-electron chi connectivity index (χ2n) is 3.18. The molecule has 0 saturated carbocycles. The van der Waals surface area contributed by atoms with Crippen molar-refractivity contribution in [2.24, 2.45) is 0 Å². The van der Waals surface area contributed by atoms with E-state index in [4.69, 9.17) is 9.84 Å². The molecule has 17 heavy (non-hydrogen) atoms. The number of benzene rings is 1. The van der Waals surface area contributed by atoms with Gasteiger partial charge in [0.1, 0.15) is 5.75 Å². The predicted octanol–water partition coefficient (Wildman–Crippen LogP) is 1.52. The van der Waals surface area contributed by atoms with Crippen molar-refractivity contribution in [2.45, 2.75) is 6.92 Å². The molecule has 0 bridgehead atoms. The van der Waals surface area contributed by atoms with Gasteiger partial charge in [0.05, 0.1) is 5.56 Å². The molecule has 0 unspecified atom stereocenters. The molecule has 0 aliphatic heterocycles. The zero-order chi connectivity index (χ0) is 12.8. The predicted molar refractivity (Wildman–Crippen MR) is 59.8 cm³/mol. The maximum Gasteiger partial charge on any atom is 0.328 e. The van der Waals surface area contributed by atoms with Crippen molar-refractivity contribution in [3.05, 3.63) is 35.4 Å². The molecule has 0 atom stereocenters. The van der Waals surface area contributed by atoms with Crippen molar-refractivity contribution in [1.82, 2.24) is 0 Å². The van der Waals surface area contributed by atoms with Crippen molar-refractivity contribution in [3.63, 3.8) is 0 Å². The first-order valence-corrected chi connectivity index (χ1v) is 4.71. The third-order valence-corrected chi connectivity index (χ3v) is 1.83. The summed E-state index contributed by atoms with van der Waals surface area (Å²) in [5.41, 5.74) is 0.721. The highest BCUT2D eigenvalue weighted by Crippen LogP contribution is 2.19. The summed E-state index contributed by atoms with van der Waals surface area (Å²) in [5, 5.41) is 8.45. The summed E-state index contributed by atoms with van der Waals surface area (Å²) >= 11 is 0. The summed E-state index contributed by atoms with van der Waals surface area (Å²) in [6.07, 6.45) is 2.83. The van der Waals surface area contributed by atoms with E-state index in [0.29, 0.717) is 11.8 Å². The van der Waals surface area contributed by atoms with Crippen LogP contribution in [0.2, 0.25) is 0 Å². The van der Waals surface area contributed by atoms with E-state index in [1.165, 1.54) is 25.1 Å². The molecule has 1 aromatic rings. The fraction of sp³-hybridized carbons (Fsp3) is 0.0833. The van der Waals surface area contributed by atoms with Crippen molar-refractivity contribution in [3.8, 4) is 5.75 Å². The number of carboxylic acids is 1. The molecule has 0 aliphatic carbocycles. The van der Waals surface area contributed by atoms with Gasteiger partial charge in [0.25, 0.3) is 0 Å². The van der Waals surface area contributed by atoms with Crippen LogP contribution in [0.15, 0.2) is 24.3 Å². The average molecular weight is 234 g/mol. The number of carbonyl (C=O) groups is 3. The monoisotopic (exact) mass is 234 g/mol. The van der Waals surface area contributed by atoms with Crippen molar-refractivity contribution in [2.75, 3.05) is 0 Å². The Hall–Kier alpha value is -2.43. The highest BCUT2D eigenvalue weighted by atomic mass is 16.5. The molecular formula is C12H10O5. The molecule has 5 heteroatoms. The number of aldehydes is 1. The second-order valence-corrected chi connectivity index (χ2v) is 3.18. The van der Waals surface area contributed by atoms with Crippen LogP contribution in [0, 0.1) is 0 Å². The smallest absolute Gasteiger partial charge is 0.328 e. The number of carboxylic acid groups (broad SMARTS) is 1. The molecule has 0 heterocycles. The lowest BCUT2D eigenvalue weighted by molar-refractivity contribution is -0.132. The molecular weight excluding hydrogens is 224 g/mol. The number of aliphatic carboxylic acids is 1. The second kappa shape index (κ2) is 5.60. The molecule has 1 N–H and O–H groups in total. The first-order valence-electron chi connectivity index (χ1n) is 4.71. The van der Waals surface area contributed by atoms with E-state index in [-0.39, 0.29) is 11.3 Å². The number of rotatable bonds is 4. The first kappa shape index (κ1) is 12.6. The minimum Gasteiger partial charge on any atom is -0.478 e. The quantitative estimate of drug-likeness (QED) is 0.369. The molecule has 0 aliphatic rings. The molecule has 0 spiro atoms. The fourth-order valence-electron chi connectivity index (χ4n) is 1.18. The van der Waals surface area contributed by atoms with Gasteiger partial charge in [0.2, 0.25) is 0 Å². The highest BCUT2D eigenvalue weighted by Gasteiger charge is 2.05. The third-order valence-electron chi connectivity index (χ3n) is 1.83. The number of hydrogen-bond acceptors (Lipinski definition) is 4. The normalized spacial score (nSPS) is 10.2. The van der Waals surface area contributed by atoms with Crippen LogP contribution >= 0.6 is 0 Å². The van der Waals surface area contributed by atoms with Gasteiger partial charge in [0, 0.05) is 13.0 Å². The minimum atomic E-state index is -1.08. The highest BCUT2D eigenvalue weighted by molar-refractivity contribution is 5.87. The summed E-state index contributed by atoms with van der Waals surface area (Å²) in [6.45, 7) is 1.23. The van der Waals surface area contributed by atoms with Gasteiger partial charge in [-0.25, -0.2) is 4.79 Å². The van der Waals surface area contributed by atoms with Crippen LogP contribution in [0.3, 0.4) is 0 Å². The van der Waals surface area contributed by atoms with Crippen LogP contribution in [0.5, 0.6) is 5.75 Å². The SMILES string of the molecule is CC(=O)Oc1ccc(/C=C/C(=O)O)cc1C=O. The average Bonchev–Trinajstić information content (AvgIpc) is 2.26. The molecule has 1 aromatic carbocycles. The molecule has 5 nitrogen and oxygen atoms in total. The molecule has 88 valence electrons. The minimum absolute atomic E-state index is 0.153. The van der Waals surface area contributed by atoms with Gasteiger partial charge in [-0.15, -0.1) is 0 Å². The Morgan fingerprint density at radius 2 is 2.06 bits per heavy atom. The van der Waals surface area contributed by atoms with Gasteiger partial charge in [-0.3, -0.25) is 9.59 Å². The Labute approximate surface area is 97.3 Å². The fourth-order valence-corrected chi connectivity index (χ4v) is 1.18. The van der Waals surface area contributed by atoms with Gasteiger partial charge in [-0.1, -0.05) is 6.07 Å². The van der Waals surface area contributed by atoms with E-state index in [2.05, 4.69) is 0 Å². The van der Waals surface area contributed by atoms with E-state index in [1.54, 1.807) is 6.07 Å². The van der Waals surface area contributed by atoms with Crippen molar-refractivity contribution >= 4 is 24.3 Å². The summed E-state index contributed by atoms with van der Waals surface area (Å²) in [7, 11) is 0. The summed E-state index contributed by atoms with van der Waals surface area (Å²) in [6, 6.07) is 4.42. The Morgan fingerprint density at radius 3 is 2.59 bits per heavy atom. The Bertz CT molecular complexity index is 488. The maximum absolute atomic E-state index is 10.8. The lowest BCUT2D eigenvalue weighted by Gasteiger charge is -2.04. The van der Waals surface area contributed by atoms with Crippen LogP contribution in [-0.4, -0.2) is 23.3 Å². The molecule has 1 rings (SSSR count). The summed E-state index contributed by atoms with van der Waals surface area (Å²) in [4.78, 5) is 31.8. The summed E-state index contributed by atoms with van der Waals surface area (Å²) < 4.78 is 4.81. The van der Waals surface area contributed by atoms with Crippen LogP contribution in [0.1, 0.15) is 22.8 Å². The lowest BCUT2D eigenvalue weighted by atomic mass is 10.1. The first-order chi connectivity index (χ1) is 8.02. The van der Waals surface area contributed by atoms with Crippen LogP contribution in [-0.2, 0) is 9.59 Å². The standard InChI is InChI=1S/C12H10O5/c1-8(14)17-11-4-2-9(3-5-12(15)16)6-10(11)7-13/h2-7H,1H3,(H,15,16)/b5-3+. The Balaban J connectivity index is 3.03. The largest absolute Gasteiger partial charge is 0.478 e. The molecule has 0 aromatic heterocycles. The van der Waals surface area contributed by atoms with Gasteiger partial charge in [0.15, 0.2) is 6.29 Å². The van der Waals surface area contributed by atoms with Crippen LogP contribution in [0.4, 0.5) is 0 Å². The lowest BCUT2D eigenvalue weighted by Crippen LogP contribution is -2.03. The molecule has 0 amide bonds. The maximum atomic E-state index is 10.8. The van der Waals surface area contributed by atoms with Crippen molar-refractivity contribution in [1.29, 1.82) is 0 Å².